The molecule has 1 fully saturated rings. The zero-order valence-electron chi connectivity index (χ0n) is 13.2. The molecule has 0 bridgehead atoms. The predicted octanol–water partition coefficient (Wildman–Crippen LogP) is 2.05. The summed E-state index contributed by atoms with van der Waals surface area (Å²) in [5.41, 5.74) is 3.18. The molecule has 0 unspecified atom stereocenters. The molecule has 0 aromatic carbocycles. The smallest absolute Gasteiger partial charge is 0.177 e. The van der Waals surface area contributed by atoms with Gasteiger partial charge >= 0.3 is 0 Å². The molecule has 2 aromatic rings. The first-order valence-corrected chi connectivity index (χ1v) is 7.39. The zero-order valence-corrected chi connectivity index (χ0v) is 13.2. The zero-order chi connectivity index (χ0) is 14.7. The minimum Gasteiger partial charge on any atom is -0.351 e. The van der Waals surface area contributed by atoms with E-state index >= 15 is 0 Å². The van der Waals surface area contributed by atoms with E-state index in [1.165, 1.54) is 0 Å². The third-order valence-corrected chi connectivity index (χ3v) is 3.62. The van der Waals surface area contributed by atoms with Crippen molar-refractivity contribution in [3.05, 3.63) is 17.8 Å². The SMILES string of the molecule is CC.Cc1ccc2c(n1)c(N1CCN(C)CC1)nn2C. The number of fused-ring (bicyclic) bond motifs is 1. The number of likely N-dealkylation sites (N-methyl/N-ethyl adjacent to an activating group) is 1. The molecule has 0 N–H and O–H groups in total. The number of aryl methyl sites for hydroxylation is 2. The lowest BCUT2D eigenvalue weighted by Crippen LogP contribution is -2.44. The molecule has 0 spiro atoms. The van der Waals surface area contributed by atoms with Gasteiger partial charge in [0.2, 0.25) is 0 Å². The Hall–Kier alpha value is -1.62. The second kappa shape index (κ2) is 6.22. The molecule has 0 aliphatic carbocycles. The number of anilines is 1. The minimum atomic E-state index is 1.03. The number of aromatic nitrogens is 3. The van der Waals surface area contributed by atoms with E-state index < -0.39 is 0 Å². The van der Waals surface area contributed by atoms with Gasteiger partial charge in [0.05, 0.1) is 5.52 Å². The van der Waals surface area contributed by atoms with E-state index in [2.05, 4.69) is 33.0 Å². The van der Waals surface area contributed by atoms with E-state index in [0.29, 0.717) is 0 Å². The van der Waals surface area contributed by atoms with Crippen LogP contribution in [0.25, 0.3) is 11.0 Å². The molecule has 20 heavy (non-hydrogen) atoms. The third kappa shape index (κ3) is 2.77. The summed E-state index contributed by atoms with van der Waals surface area (Å²) >= 11 is 0. The van der Waals surface area contributed by atoms with Crippen LogP contribution in [0.1, 0.15) is 19.5 Å². The molecule has 1 saturated heterocycles. The van der Waals surface area contributed by atoms with Crippen LogP contribution >= 0.6 is 0 Å². The summed E-state index contributed by atoms with van der Waals surface area (Å²) in [6.45, 7) is 10.3. The Bertz CT molecular complexity index is 567. The predicted molar refractivity (Wildman–Crippen MR) is 84.3 cm³/mol. The maximum absolute atomic E-state index is 4.65. The molecular weight excluding hydrogens is 250 g/mol. The van der Waals surface area contributed by atoms with Gasteiger partial charge in [-0.3, -0.25) is 4.68 Å². The van der Waals surface area contributed by atoms with Crippen molar-refractivity contribution in [3.8, 4) is 0 Å². The van der Waals surface area contributed by atoms with E-state index in [1.54, 1.807) is 0 Å². The lowest BCUT2D eigenvalue weighted by molar-refractivity contribution is 0.312. The summed E-state index contributed by atoms with van der Waals surface area (Å²) in [6, 6.07) is 4.14. The normalized spacial score (nSPS) is 16.1. The van der Waals surface area contributed by atoms with Gasteiger partial charge in [-0.2, -0.15) is 5.10 Å². The second-order valence-electron chi connectivity index (χ2n) is 5.06. The lowest BCUT2D eigenvalue weighted by Gasteiger charge is -2.32. The highest BCUT2D eigenvalue weighted by Crippen LogP contribution is 2.24. The van der Waals surface area contributed by atoms with Crippen molar-refractivity contribution in [1.29, 1.82) is 0 Å². The van der Waals surface area contributed by atoms with Gasteiger partial charge in [-0.1, -0.05) is 13.8 Å². The molecule has 5 heteroatoms. The average Bonchev–Trinajstić information content (AvgIpc) is 2.78. The van der Waals surface area contributed by atoms with Crippen molar-refractivity contribution in [2.24, 2.45) is 7.05 Å². The lowest BCUT2D eigenvalue weighted by atomic mass is 10.3. The standard InChI is InChI=1S/C13H19N5.C2H6/c1-10-4-5-11-12(14-10)13(15-17(11)3)18-8-6-16(2)7-9-18;1-2/h4-5H,6-9H2,1-3H3;1-2H3. The fourth-order valence-corrected chi connectivity index (χ4v) is 2.45. The maximum Gasteiger partial charge on any atom is 0.177 e. The van der Waals surface area contributed by atoms with Crippen LogP contribution in [0.4, 0.5) is 5.82 Å². The van der Waals surface area contributed by atoms with Gasteiger partial charge in [-0.25, -0.2) is 4.98 Å². The Morgan fingerprint density at radius 3 is 2.30 bits per heavy atom. The third-order valence-electron chi connectivity index (χ3n) is 3.62. The monoisotopic (exact) mass is 275 g/mol. The van der Waals surface area contributed by atoms with Crippen molar-refractivity contribution in [3.63, 3.8) is 0 Å². The Kier molecular flexibility index (Phi) is 4.60. The molecule has 3 rings (SSSR count). The largest absolute Gasteiger partial charge is 0.351 e. The highest BCUT2D eigenvalue weighted by atomic mass is 15.4. The van der Waals surface area contributed by atoms with Crippen LogP contribution < -0.4 is 4.90 Å². The molecule has 1 aliphatic rings. The van der Waals surface area contributed by atoms with Gasteiger partial charge in [0, 0.05) is 38.9 Å². The van der Waals surface area contributed by atoms with Crippen molar-refractivity contribution < 1.29 is 0 Å². The first-order chi connectivity index (χ1) is 9.65. The number of nitrogens with zero attached hydrogens (tertiary/aromatic N) is 5. The highest BCUT2D eigenvalue weighted by molar-refractivity contribution is 5.87. The molecule has 1 aliphatic heterocycles. The minimum absolute atomic E-state index is 1.03. The first-order valence-electron chi connectivity index (χ1n) is 7.39. The fraction of sp³-hybridized carbons (Fsp3) is 0.600. The first kappa shape index (κ1) is 14.8. The van der Waals surface area contributed by atoms with Crippen molar-refractivity contribution in [2.75, 3.05) is 38.1 Å². The van der Waals surface area contributed by atoms with Gasteiger partial charge in [-0.15, -0.1) is 0 Å². The Morgan fingerprint density at radius 2 is 1.65 bits per heavy atom. The van der Waals surface area contributed by atoms with Crippen LogP contribution in [0.5, 0.6) is 0 Å². The maximum atomic E-state index is 4.65. The molecule has 3 heterocycles. The van der Waals surface area contributed by atoms with E-state index in [1.807, 2.05) is 38.6 Å². The van der Waals surface area contributed by atoms with Gasteiger partial charge in [0.1, 0.15) is 5.52 Å². The average molecular weight is 275 g/mol. The highest BCUT2D eigenvalue weighted by Gasteiger charge is 2.20. The Morgan fingerprint density at radius 1 is 1.00 bits per heavy atom. The van der Waals surface area contributed by atoms with Crippen LogP contribution in [0.2, 0.25) is 0 Å². The Labute approximate surface area is 121 Å². The van der Waals surface area contributed by atoms with Crippen molar-refractivity contribution >= 4 is 16.9 Å². The van der Waals surface area contributed by atoms with E-state index in [9.17, 15) is 0 Å². The van der Waals surface area contributed by atoms with Gasteiger partial charge in [-0.05, 0) is 26.1 Å². The van der Waals surface area contributed by atoms with Gasteiger partial charge in [0.25, 0.3) is 0 Å². The van der Waals surface area contributed by atoms with Crippen LogP contribution in [-0.2, 0) is 7.05 Å². The molecular formula is C15H25N5. The van der Waals surface area contributed by atoms with Gasteiger partial charge in [0.15, 0.2) is 5.82 Å². The van der Waals surface area contributed by atoms with E-state index in [4.69, 9.17) is 0 Å². The second-order valence-corrected chi connectivity index (χ2v) is 5.06. The van der Waals surface area contributed by atoms with Gasteiger partial charge < -0.3 is 9.80 Å². The topological polar surface area (TPSA) is 37.2 Å². The molecule has 0 saturated carbocycles. The Balaban J connectivity index is 0.000000704. The number of pyridine rings is 1. The van der Waals surface area contributed by atoms with E-state index in [-0.39, 0.29) is 0 Å². The molecule has 0 atom stereocenters. The summed E-state index contributed by atoms with van der Waals surface area (Å²) in [4.78, 5) is 9.34. The fourth-order valence-electron chi connectivity index (χ4n) is 2.45. The van der Waals surface area contributed by atoms with E-state index in [0.717, 1.165) is 48.7 Å². The number of piperazine rings is 1. The van der Waals surface area contributed by atoms with Crippen LogP contribution in [0, 0.1) is 6.92 Å². The molecule has 110 valence electrons. The summed E-state index contributed by atoms with van der Waals surface area (Å²) < 4.78 is 1.93. The molecule has 5 nitrogen and oxygen atoms in total. The summed E-state index contributed by atoms with van der Waals surface area (Å²) in [7, 11) is 4.15. The summed E-state index contributed by atoms with van der Waals surface area (Å²) in [6.07, 6.45) is 0. The number of hydrogen-bond acceptors (Lipinski definition) is 4. The number of hydrogen-bond donors (Lipinski definition) is 0. The summed E-state index contributed by atoms with van der Waals surface area (Å²) in [5.74, 6) is 1.03. The van der Waals surface area contributed by atoms with Crippen LogP contribution in [0.15, 0.2) is 12.1 Å². The summed E-state index contributed by atoms with van der Waals surface area (Å²) in [5, 5.41) is 4.64. The van der Waals surface area contributed by atoms with Crippen LogP contribution in [-0.4, -0.2) is 52.9 Å². The van der Waals surface area contributed by atoms with Crippen LogP contribution in [0.3, 0.4) is 0 Å². The quantitative estimate of drug-likeness (QED) is 0.798. The van der Waals surface area contributed by atoms with Crippen molar-refractivity contribution in [1.82, 2.24) is 19.7 Å². The molecule has 2 aromatic heterocycles. The molecule has 0 radical (unpaired) electrons. The molecule has 0 amide bonds. The van der Waals surface area contributed by atoms with Crippen molar-refractivity contribution in [2.45, 2.75) is 20.8 Å². The number of rotatable bonds is 1.